The highest BCUT2D eigenvalue weighted by Crippen LogP contribution is 2.41. The molecule has 7 heteroatoms. The molecule has 0 radical (unpaired) electrons. The molecule has 2 aromatic carbocycles. The number of rotatable bonds is 3. The number of carbonyl (C=O) groups excluding carboxylic acids is 1. The molecule has 1 unspecified atom stereocenters. The van der Waals surface area contributed by atoms with Gasteiger partial charge in [0.2, 0.25) is 0 Å². The Hall–Kier alpha value is -1.72. The van der Waals surface area contributed by atoms with Crippen LogP contribution in [0.4, 0.5) is 13.2 Å². The molecule has 0 bridgehead atoms. The Morgan fingerprint density at radius 3 is 2.40 bits per heavy atom. The molecule has 1 amide bonds. The summed E-state index contributed by atoms with van der Waals surface area (Å²) >= 11 is 12.1. The van der Waals surface area contributed by atoms with Crippen molar-refractivity contribution < 1.29 is 18.0 Å². The Morgan fingerprint density at radius 1 is 1.08 bits per heavy atom. The number of amides is 1. The summed E-state index contributed by atoms with van der Waals surface area (Å²) in [5.41, 5.74) is -0.470. The lowest BCUT2D eigenvalue weighted by Gasteiger charge is -2.38. The number of benzene rings is 2. The topological polar surface area (TPSA) is 29.1 Å². The van der Waals surface area contributed by atoms with E-state index in [0.29, 0.717) is 16.5 Å². The lowest BCUT2D eigenvalue weighted by molar-refractivity contribution is -0.137. The average Bonchev–Trinajstić information content (AvgIpc) is 2.53. The molecule has 132 valence electrons. The van der Waals surface area contributed by atoms with Gasteiger partial charge in [0.25, 0.3) is 5.91 Å². The second-order valence-corrected chi connectivity index (χ2v) is 6.82. The maximum atomic E-state index is 13.1. The van der Waals surface area contributed by atoms with E-state index in [2.05, 4.69) is 5.32 Å². The molecule has 1 aliphatic carbocycles. The fraction of sp³-hybridized carbons (Fsp3) is 0.278. The highest BCUT2D eigenvalue weighted by Gasteiger charge is 2.38. The summed E-state index contributed by atoms with van der Waals surface area (Å²) < 4.78 is 39.2. The lowest BCUT2D eigenvalue weighted by atomic mass is 9.75. The number of alkyl halides is 3. The summed E-state index contributed by atoms with van der Waals surface area (Å²) in [7, 11) is 0. The van der Waals surface area contributed by atoms with E-state index in [1.165, 1.54) is 18.2 Å². The summed E-state index contributed by atoms with van der Waals surface area (Å²) in [6, 6.07) is 9.62. The molecule has 2 aromatic rings. The molecular formula is C18H14Cl2F3NO. The minimum Gasteiger partial charge on any atom is -0.349 e. The Morgan fingerprint density at radius 2 is 1.80 bits per heavy atom. The molecule has 3 rings (SSSR count). The molecule has 0 saturated heterocycles. The zero-order valence-corrected chi connectivity index (χ0v) is 14.4. The van der Waals surface area contributed by atoms with E-state index in [4.69, 9.17) is 23.2 Å². The van der Waals surface area contributed by atoms with E-state index in [0.717, 1.165) is 18.1 Å². The first-order valence-corrected chi connectivity index (χ1v) is 8.45. The normalized spacial score (nSPS) is 20.0. The van der Waals surface area contributed by atoms with Crippen LogP contribution < -0.4 is 5.32 Å². The van der Waals surface area contributed by atoms with Gasteiger partial charge in [0.1, 0.15) is 0 Å². The highest BCUT2D eigenvalue weighted by atomic mass is 35.5. The number of nitrogens with one attached hydrogen (secondary N) is 1. The van der Waals surface area contributed by atoms with Crippen molar-refractivity contribution in [1.29, 1.82) is 0 Å². The van der Waals surface area contributed by atoms with Gasteiger partial charge < -0.3 is 5.32 Å². The summed E-state index contributed by atoms with van der Waals surface area (Å²) in [6.45, 7) is 0. The third-order valence-electron chi connectivity index (χ3n) is 4.43. The van der Waals surface area contributed by atoms with Crippen LogP contribution in [0.2, 0.25) is 10.0 Å². The van der Waals surface area contributed by atoms with Crippen LogP contribution in [0.25, 0.3) is 0 Å². The molecule has 0 aromatic heterocycles. The van der Waals surface area contributed by atoms with Crippen molar-refractivity contribution >= 4 is 29.1 Å². The monoisotopic (exact) mass is 387 g/mol. The summed E-state index contributed by atoms with van der Waals surface area (Å²) in [4.78, 5) is 12.4. The Labute approximate surface area is 152 Å². The van der Waals surface area contributed by atoms with E-state index < -0.39 is 17.6 Å². The number of hydrogen-bond donors (Lipinski definition) is 1. The molecule has 0 aliphatic heterocycles. The molecule has 1 N–H and O–H groups in total. The fourth-order valence-corrected chi connectivity index (χ4v) is 3.57. The summed E-state index contributed by atoms with van der Waals surface area (Å²) in [5, 5.41) is 3.70. The van der Waals surface area contributed by atoms with Crippen LogP contribution in [0.1, 0.15) is 40.2 Å². The maximum Gasteiger partial charge on any atom is 0.417 e. The number of carbonyl (C=O) groups is 1. The van der Waals surface area contributed by atoms with Crippen LogP contribution in [0, 0.1) is 0 Å². The van der Waals surface area contributed by atoms with Gasteiger partial charge in [-0.25, -0.2) is 0 Å². The maximum absolute atomic E-state index is 13.1. The van der Waals surface area contributed by atoms with Gasteiger partial charge in [-0.15, -0.1) is 0 Å². The first kappa shape index (κ1) is 18.1. The van der Waals surface area contributed by atoms with Gasteiger partial charge in [0.05, 0.1) is 11.1 Å². The van der Waals surface area contributed by atoms with E-state index in [-0.39, 0.29) is 17.5 Å². The number of hydrogen-bond acceptors (Lipinski definition) is 1. The minimum absolute atomic E-state index is 0.0354. The van der Waals surface area contributed by atoms with Crippen LogP contribution in [0.3, 0.4) is 0 Å². The minimum atomic E-state index is -4.58. The molecule has 1 saturated carbocycles. The molecule has 25 heavy (non-hydrogen) atoms. The van der Waals surface area contributed by atoms with Crippen molar-refractivity contribution in [2.75, 3.05) is 0 Å². The average molecular weight is 388 g/mol. The third-order valence-corrected chi connectivity index (χ3v) is 4.99. The van der Waals surface area contributed by atoms with Gasteiger partial charge in [-0.2, -0.15) is 13.2 Å². The summed E-state index contributed by atoms with van der Waals surface area (Å²) in [5.74, 6) is -0.764. The molecule has 2 nitrogen and oxygen atoms in total. The van der Waals surface area contributed by atoms with Crippen LogP contribution in [0.15, 0.2) is 42.5 Å². The molecular weight excluding hydrogens is 374 g/mol. The molecule has 1 aliphatic rings. The van der Waals surface area contributed by atoms with Gasteiger partial charge in [-0.1, -0.05) is 41.4 Å². The van der Waals surface area contributed by atoms with Gasteiger partial charge in [0, 0.05) is 22.0 Å². The van der Waals surface area contributed by atoms with Crippen LogP contribution in [-0.4, -0.2) is 11.9 Å². The standard InChI is InChI=1S/C18H14Cl2F3NO/c19-10-5-6-11(15(20)9-10)12-7-8-16(12)24-17(25)13-3-1-2-4-14(13)18(21,22)23/h1-6,9,12,16H,7-8H2,(H,24,25)/t12?,16-/m0/s1. The first-order valence-electron chi connectivity index (χ1n) is 7.69. The Balaban J connectivity index is 1.78. The van der Waals surface area contributed by atoms with Gasteiger partial charge in [0.15, 0.2) is 0 Å². The first-order chi connectivity index (χ1) is 11.8. The Bertz CT molecular complexity index is 807. The van der Waals surface area contributed by atoms with Crippen LogP contribution >= 0.6 is 23.2 Å². The van der Waals surface area contributed by atoms with Crippen molar-refractivity contribution in [1.82, 2.24) is 5.32 Å². The van der Waals surface area contributed by atoms with Crippen LogP contribution in [0.5, 0.6) is 0 Å². The van der Waals surface area contributed by atoms with E-state index in [1.54, 1.807) is 18.2 Å². The quantitative estimate of drug-likeness (QED) is 0.719. The highest BCUT2D eigenvalue weighted by molar-refractivity contribution is 6.35. The van der Waals surface area contributed by atoms with Crippen LogP contribution in [-0.2, 0) is 6.18 Å². The smallest absolute Gasteiger partial charge is 0.349 e. The SMILES string of the molecule is O=C(N[C@H]1CCC1c1ccc(Cl)cc1Cl)c1ccccc1C(F)(F)F. The third kappa shape index (κ3) is 3.77. The van der Waals surface area contributed by atoms with Crippen molar-refractivity contribution in [2.45, 2.75) is 31.0 Å². The Kier molecular flexibility index (Phi) is 4.98. The molecule has 1 fully saturated rings. The van der Waals surface area contributed by atoms with Crippen molar-refractivity contribution in [3.05, 3.63) is 69.2 Å². The summed E-state index contributed by atoms with van der Waals surface area (Å²) in [6.07, 6.45) is -3.09. The largest absolute Gasteiger partial charge is 0.417 e. The van der Waals surface area contributed by atoms with E-state index in [9.17, 15) is 18.0 Å². The predicted octanol–water partition coefficient (Wildman–Crippen LogP) is 5.69. The second-order valence-electron chi connectivity index (χ2n) is 5.97. The van der Waals surface area contributed by atoms with Gasteiger partial charge >= 0.3 is 6.18 Å². The molecule has 0 spiro atoms. The second kappa shape index (κ2) is 6.89. The number of halogens is 5. The molecule has 0 heterocycles. The van der Waals surface area contributed by atoms with Gasteiger partial charge in [-0.05, 0) is 42.7 Å². The van der Waals surface area contributed by atoms with E-state index >= 15 is 0 Å². The van der Waals surface area contributed by atoms with E-state index in [1.807, 2.05) is 0 Å². The molecule has 2 atom stereocenters. The van der Waals surface area contributed by atoms with Crippen molar-refractivity contribution in [3.63, 3.8) is 0 Å². The van der Waals surface area contributed by atoms with Gasteiger partial charge in [-0.3, -0.25) is 4.79 Å². The zero-order chi connectivity index (χ0) is 18.2. The fourth-order valence-electron chi connectivity index (χ4n) is 3.02. The van der Waals surface area contributed by atoms with Crippen molar-refractivity contribution in [3.8, 4) is 0 Å². The predicted molar refractivity (Wildman–Crippen MR) is 91.1 cm³/mol. The zero-order valence-electron chi connectivity index (χ0n) is 12.9. The lowest BCUT2D eigenvalue weighted by Crippen LogP contribution is -2.45. The van der Waals surface area contributed by atoms with Crippen molar-refractivity contribution in [2.24, 2.45) is 0 Å².